The van der Waals surface area contributed by atoms with Crippen molar-refractivity contribution in [3.8, 4) is 44.5 Å². The molecule has 0 fully saturated rings. The summed E-state index contributed by atoms with van der Waals surface area (Å²) in [4.78, 5) is 2.47. The lowest BCUT2D eigenvalue weighted by molar-refractivity contribution is 0.333. The molecule has 1 nitrogen and oxygen atoms in total. The summed E-state index contributed by atoms with van der Waals surface area (Å²) in [5.74, 6) is 0. The van der Waals surface area contributed by atoms with Gasteiger partial charge in [-0.3, -0.25) is 0 Å². The molecule has 0 saturated heterocycles. The molecule has 0 heterocycles. The van der Waals surface area contributed by atoms with E-state index in [1.165, 1.54) is 96.1 Å². The summed E-state index contributed by atoms with van der Waals surface area (Å²) in [6.45, 7) is 14.5. The first-order valence-corrected chi connectivity index (χ1v) is 21.0. The Bertz CT molecular complexity index is 2830. The van der Waals surface area contributed by atoms with E-state index >= 15 is 0 Å². The monoisotopic (exact) mass is 749 g/mol. The maximum atomic E-state index is 2.49. The smallest absolute Gasteiger partial charge is 0.0543 e. The largest absolute Gasteiger partial charge is 0.310 e. The van der Waals surface area contributed by atoms with Gasteiger partial charge in [0.25, 0.3) is 0 Å². The second-order valence-electron chi connectivity index (χ2n) is 18.4. The van der Waals surface area contributed by atoms with Gasteiger partial charge in [0.15, 0.2) is 0 Å². The Morgan fingerprint density at radius 3 is 1.69 bits per heavy atom. The predicted molar refractivity (Wildman–Crippen MR) is 248 cm³/mol. The first-order chi connectivity index (χ1) is 28.0. The Balaban J connectivity index is 1.16. The highest BCUT2D eigenvalue weighted by atomic mass is 15.1. The molecule has 0 amide bonds. The zero-order valence-electron chi connectivity index (χ0n) is 34.6. The van der Waals surface area contributed by atoms with E-state index in [4.69, 9.17) is 0 Å². The van der Waals surface area contributed by atoms with Gasteiger partial charge in [-0.1, -0.05) is 181 Å². The number of rotatable bonds is 6. The summed E-state index contributed by atoms with van der Waals surface area (Å²) in [6.07, 6.45) is 2.40. The Labute approximate surface area is 344 Å². The Morgan fingerprint density at radius 2 is 0.914 bits per heavy atom. The summed E-state index contributed by atoms with van der Waals surface area (Å²) < 4.78 is 0. The Hall–Kier alpha value is -6.18. The molecular weight excluding hydrogens is 699 g/mol. The third-order valence-corrected chi connectivity index (χ3v) is 13.5. The lowest BCUT2D eigenvalue weighted by Crippen LogP contribution is -2.34. The first kappa shape index (κ1) is 36.2. The van der Waals surface area contributed by atoms with Crippen LogP contribution in [0.2, 0.25) is 0 Å². The van der Waals surface area contributed by atoms with Crippen LogP contribution in [0.1, 0.15) is 76.6 Å². The molecule has 8 aromatic carbocycles. The SMILES string of the molecule is CC1(C)CCC(C)(C)c2c(-c3ccc(-c4cc5c(cc4N(c4ccccc4)c4ccc(-c6cccc7ccccc67)cc4)C(C)(C)c4ccccc4-5)cc3)cccc21. The van der Waals surface area contributed by atoms with Gasteiger partial charge in [-0.05, 0) is 132 Å². The highest BCUT2D eigenvalue weighted by Gasteiger charge is 2.39. The Morgan fingerprint density at radius 1 is 0.379 bits per heavy atom. The van der Waals surface area contributed by atoms with Gasteiger partial charge in [-0.25, -0.2) is 0 Å². The summed E-state index contributed by atoms with van der Waals surface area (Å²) in [6, 6.07) is 65.7. The van der Waals surface area contributed by atoms with E-state index in [0.29, 0.717) is 0 Å². The molecule has 2 aliphatic rings. The number of hydrogen-bond donors (Lipinski definition) is 0. The van der Waals surface area contributed by atoms with Crippen LogP contribution in [0.4, 0.5) is 17.1 Å². The summed E-state index contributed by atoms with van der Waals surface area (Å²) in [5.41, 5.74) is 19.5. The molecule has 284 valence electrons. The molecule has 0 unspecified atom stereocenters. The number of para-hydroxylation sites is 1. The minimum absolute atomic E-state index is 0.118. The quantitative estimate of drug-likeness (QED) is 0.164. The van der Waals surface area contributed by atoms with E-state index in [1.807, 2.05) is 0 Å². The van der Waals surface area contributed by atoms with E-state index in [0.717, 1.165) is 11.4 Å². The highest BCUT2D eigenvalue weighted by molar-refractivity contribution is 5.98. The van der Waals surface area contributed by atoms with E-state index in [2.05, 4.69) is 222 Å². The number of nitrogens with zero attached hydrogens (tertiary/aromatic N) is 1. The van der Waals surface area contributed by atoms with Crippen molar-refractivity contribution >= 4 is 27.8 Å². The third-order valence-electron chi connectivity index (χ3n) is 13.5. The fourth-order valence-electron chi connectivity index (χ4n) is 10.2. The van der Waals surface area contributed by atoms with Gasteiger partial charge in [0, 0.05) is 22.4 Å². The first-order valence-electron chi connectivity index (χ1n) is 21.0. The van der Waals surface area contributed by atoms with Crippen LogP contribution in [0.25, 0.3) is 55.3 Å². The third kappa shape index (κ3) is 5.82. The van der Waals surface area contributed by atoms with Crippen LogP contribution in [-0.4, -0.2) is 0 Å². The van der Waals surface area contributed by atoms with Crippen LogP contribution < -0.4 is 4.90 Å². The molecule has 0 radical (unpaired) electrons. The maximum Gasteiger partial charge on any atom is 0.0543 e. The fraction of sp³-hybridized carbons (Fsp3) is 0.193. The van der Waals surface area contributed by atoms with Crippen molar-refractivity contribution in [1.29, 1.82) is 0 Å². The minimum atomic E-state index is -0.142. The second-order valence-corrected chi connectivity index (χ2v) is 18.4. The lowest BCUT2D eigenvalue weighted by Gasteiger charge is -2.43. The number of fused-ring (bicyclic) bond motifs is 5. The molecule has 2 aliphatic carbocycles. The van der Waals surface area contributed by atoms with Crippen molar-refractivity contribution in [3.05, 3.63) is 198 Å². The molecule has 0 bridgehead atoms. The van der Waals surface area contributed by atoms with E-state index < -0.39 is 0 Å². The highest BCUT2D eigenvalue weighted by Crippen LogP contribution is 2.54. The number of anilines is 3. The van der Waals surface area contributed by atoms with Crippen molar-refractivity contribution in [2.75, 3.05) is 4.90 Å². The van der Waals surface area contributed by atoms with Gasteiger partial charge in [0.05, 0.1) is 5.69 Å². The molecule has 0 atom stereocenters. The van der Waals surface area contributed by atoms with Crippen molar-refractivity contribution in [3.63, 3.8) is 0 Å². The molecular formula is C57H51N. The molecule has 0 aliphatic heterocycles. The molecule has 0 aromatic heterocycles. The van der Waals surface area contributed by atoms with Gasteiger partial charge in [0.2, 0.25) is 0 Å². The standard InChI is InChI=1S/C57H51N/c1-55(2)34-35-56(3,4)54-46(23-15-25-51(54)55)40-26-28-41(29-27-40)48-36-49-47-21-12-13-24-50(47)57(5,6)52(49)37-53(48)58(42-18-8-7-9-19-42)43-32-30-39(31-33-43)45-22-14-17-38-16-10-11-20-44(38)45/h7-33,36-37H,34-35H2,1-6H3. The van der Waals surface area contributed by atoms with Crippen molar-refractivity contribution < 1.29 is 0 Å². The van der Waals surface area contributed by atoms with Crippen LogP contribution in [0.3, 0.4) is 0 Å². The maximum absolute atomic E-state index is 2.49. The van der Waals surface area contributed by atoms with Crippen molar-refractivity contribution in [2.24, 2.45) is 0 Å². The number of benzene rings is 8. The summed E-state index contributed by atoms with van der Waals surface area (Å²) in [7, 11) is 0. The van der Waals surface area contributed by atoms with Crippen LogP contribution >= 0.6 is 0 Å². The van der Waals surface area contributed by atoms with Gasteiger partial charge in [0.1, 0.15) is 0 Å². The summed E-state index contributed by atoms with van der Waals surface area (Å²) >= 11 is 0. The Kier molecular flexibility index (Phi) is 8.39. The van der Waals surface area contributed by atoms with Crippen molar-refractivity contribution in [2.45, 2.75) is 70.6 Å². The molecule has 58 heavy (non-hydrogen) atoms. The minimum Gasteiger partial charge on any atom is -0.310 e. The fourth-order valence-corrected chi connectivity index (χ4v) is 10.2. The predicted octanol–water partition coefficient (Wildman–Crippen LogP) is 16.0. The van der Waals surface area contributed by atoms with E-state index in [1.54, 1.807) is 0 Å². The average Bonchev–Trinajstić information content (AvgIpc) is 3.47. The normalized spacial score (nSPS) is 15.7. The van der Waals surface area contributed by atoms with Crippen molar-refractivity contribution in [1.82, 2.24) is 0 Å². The average molecular weight is 750 g/mol. The van der Waals surface area contributed by atoms with Crippen LogP contribution in [0.5, 0.6) is 0 Å². The van der Waals surface area contributed by atoms with Gasteiger partial charge in [-0.2, -0.15) is 0 Å². The van der Waals surface area contributed by atoms with Gasteiger partial charge >= 0.3 is 0 Å². The number of hydrogen-bond acceptors (Lipinski definition) is 1. The molecule has 8 aromatic rings. The molecule has 10 rings (SSSR count). The van der Waals surface area contributed by atoms with Crippen LogP contribution in [-0.2, 0) is 16.2 Å². The van der Waals surface area contributed by atoms with E-state index in [9.17, 15) is 0 Å². The molecule has 0 N–H and O–H groups in total. The van der Waals surface area contributed by atoms with Crippen LogP contribution in [0, 0.1) is 0 Å². The molecule has 0 spiro atoms. The summed E-state index contributed by atoms with van der Waals surface area (Å²) in [5, 5.41) is 2.53. The van der Waals surface area contributed by atoms with Gasteiger partial charge in [-0.15, -0.1) is 0 Å². The lowest BCUT2D eigenvalue weighted by atomic mass is 9.61. The zero-order valence-corrected chi connectivity index (χ0v) is 34.6. The zero-order chi connectivity index (χ0) is 39.8. The van der Waals surface area contributed by atoms with E-state index in [-0.39, 0.29) is 16.2 Å². The molecule has 0 saturated carbocycles. The topological polar surface area (TPSA) is 3.24 Å². The second kappa shape index (κ2) is 13.5. The molecule has 1 heteroatoms. The van der Waals surface area contributed by atoms with Crippen LogP contribution in [0.15, 0.2) is 176 Å². The van der Waals surface area contributed by atoms with Gasteiger partial charge < -0.3 is 4.90 Å².